The van der Waals surface area contributed by atoms with Gasteiger partial charge in [-0.3, -0.25) is 4.79 Å². The van der Waals surface area contributed by atoms with Crippen LogP contribution in [-0.4, -0.2) is 55.6 Å². The van der Waals surface area contributed by atoms with Gasteiger partial charge in [-0.15, -0.1) is 0 Å². The molecule has 1 N–H and O–H groups in total. The lowest BCUT2D eigenvalue weighted by molar-refractivity contribution is -0.186. The van der Waals surface area contributed by atoms with Crippen molar-refractivity contribution in [3.8, 4) is 11.5 Å². The van der Waals surface area contributed by atoms with Crippen molar-refractivity contribution in [1.29, 1.82) is 0 Å². The number of likely N-dealkylation sites (tertiary alicyclic amines) is 1. The predicted octanol–water partition coefficient (Wildman–Crippen LogP) is 1.98. The number of carbonyl (C=O) groups excluding carboxylic acids is 1. The second-order valence-electron chi connectivity index (χ2n) is 6.80. The number of fused-ring (bicyclic) bond motifs is 1. The molecule has 1 saturated carbocycles. The van der Waals surface area contributed by atoms with Crippen LogP contribution in [0.4, 0.5) is 0 Å². The van der Waals surface area contributed by atoms with Gasteiger partial charge in [0.15, 0.2) is 11.5 Å². The zero-order valence-corrected chi connectivity index (χ0v) is 15.2. The van der Waals surface area contributed by atoms with Crippen molar-refractivity contribution in [2.45, 2.75) is 43.9 Å². The summed E-state index contributed by atoms with van der Waals surface area (Å²) in [6, 6.07) is 5.79. The van der Waals surface area contributed by atoms with Crippen LogP contribution in [0.2, 0.25) is 0 Å². The number of amides is 1. The van der Waals surface area contributed by atoms with Gasteiger partial charge in [-0.25, -0.2) is 0 Å². The number of aliphatic hydroxyl groups is 1. The SMILES string of the molecule is COc1ccc(CCN2C(=O)CC3C(O)CCCC32OC)cc1OC. The van der Waals surface area contributed by atoms with Crippen molar-refractivity contribution in [1.82, 2.24) is 4.90 Å². The number of aliphatic hydroxyl groups excluding tert-OH is 1. The van der Waals surface area contributed by atoms with Crippen molar-refractivity contribution in [2.75, 3.05) is 27.9 Å². The largest absolute Gasteiger partial charge is 0.493 e. The molecule has 0 spiro atoms. The van der Waals surface area contributed by atoms with E-state index in [2.05, 4.69) is 0 Å². The van der Waals surface area contributed by atoms with E-state index in [1.165, 1.54) is 0 Å². The Morgan fingerprint density at radius 1 is 1.24 bits per heavy atom. The van der Waals surface area contributed by atoms with E-state index in [1.807, 2.05) is 23.1 Å². The molecule has 1 aliphatic carbocycles. The lowest BCUT2D eigenvalue weighted by Crippen LogP contribution is -2.56. The molecule has 6 heteroatoms. The van der Waals surface area contributed by atoms with Gasteiger partial charge in [0.05, 0.1) is 20.3 Å². The monoisotopic (exact) mass is 349 g/mol. The van der Waals surface area contributed by atoms with Gasteiger partial charge in [0, 0.05) is 26.0 Å². The number of nitrogens with zero attached hydrogens (tertiary/aromatic N) is 1. The van der Waals surface area contributed by atoms with Crippen LogP contribution in [0, 0.1) is 5.92 Å². The lowest BCUT2D eigenvalue weighted by atomic mass is 9.79. The molecule has 1 heterocycles. The van der Waals surface area contributed by atoms with Crippen LogP contribution in [-0.2, 0) is 16.0 Å². The third-order valence-corrected chi connectivity index (χ3v) is 5.66. The maximum Gasteiger partial charge on any atom is 0.225 e. The van der Waals surface area contributed by atoms with Crippen LogP contribution in [0.5, 0.6) is 11.5 Å². The summed E-state index contributed by atoms with van der Waals surface area (Å²) in [5.74, 6) is 1.30. The van der Waals surface area contributed by atoms with Crippen LogP contribution < -0.4 is 9.47 Å². The zero-order chi connectivity index (χ0) is 18.0. The highest BCUT2D eigenvalue weighted by molar-refractivity contribution is 5.80. The maximum atomic E-state index is 12.6. The zero-order valence-electron chi connectivity index (χ0n) is 15.2. The molecular weight excluding hydrogens is 322 g/mol. The van der Waals surface area contributed by atoms with Crippen molar-refractivity contribution < 1.29 is 24.1 Å². The van der Waals surface area contributed by atoms with Gasteiger partial charge in [0.2, 0.25) is 5.91 Å². The van der Waals surface area contributed by atoms with Crippen molar-refractivity contribution in [3.05, 3.63) is 23.8 Å². The molecule has 3 rings (SSSR count). The highest BCUT2D eigenvalue weighted by Gasteiger charge is 2.56. The highest BCUT2D eigenvalue weighted by atomic mass is 16.5. The number of hydrogen-bond donors (Lipinski definition) is 1. The quantitative estimate of drug-likeness (QED) is 0.851. The van der Waals surface area contributed by atoms with E-state index in [-0.39, 0.29) is 11.8 Å². The third-order valence-electron chi connectivity index (χ3n) is 5.66. The van der Waals surface area contributed by atoms with E-state index in [0.29, 0.717) is 30.9 Å². The Balaban J connectivity index is 1.77. The average Bonchev–Trinajstić information content (AvgIpc) is 2.93. The fraction of sp³-hybridized carbons (Fsp3) is 0.632. The van der Waals surface area contributed by atoms with Gasteiger partial charge >= 0.3 is 0 Å². The van der Waals surface area contributed by atoms with E-state index in [4.69, 9.17) is 14.2 Å². The summed E-state index contributed by atoms with van der Waals surface area (Å²) in [6.45, 7) is 0.561. The minimum Gasteiger partial charge on any atom is -0.493 e. The maximum absolute atomic E-state index is 12.6. The molecule has 1 amide bonds. The summed E-state index contributed by atoms with van der Waals surface area (Å²) in [5, 5.41) is 10.3. The fourth-order valence-electron chi connectivity index (χ4n) is 4.35. The first-order valence-corrected chi connectivity index (χ1v) is 8.80. The van der Waals surface area contributed by atoms with Gasteiger partial charge in [-0.05, 0) is 43.4 Å². The molecule has 1 aromatic rings. The Hall–Kier alpha value is -1.79. The summed E-state index contributed by atoms with van der Waals surface area (Å²) in [5.41, 5.74) is 0.405. The molecule has 2 fully saturated rings. The molecule has 1 aliphatic heterocycles. The molecular formula is C19H27NO5. The first-order valence-electron chi connectivity index (χ1n) is 8.80. The second kappa shape index (κ2) is 7.22. The molecule has 138 valence electrons. The summed E-state index contributed by atoms with van der Waals surface area (Å²) in [4.78, 5) is 14.4. The normalized spacial score (nSPS) is 28.8. The van der Waals surface area contributed by atoms with Gasteiger partial charge in [0.1, 0.15) is 5.72 Å². The summed E-state index contributed by atoms with van der Waals surface area (Å²) in [6.07, 6.45) is 2.98. The average molecular weight is 349 g/mol. The minimum absolute atomic E-state index is 0.0632. The Morgan fingerprint density at radius 2 is 2.00 bits per heavy atom. The topological polar surface area (TPSA) is 68.2 Å². The molecule has 6 nitrogen and oxygen atoms in total. The number of methoxy groups -OCH3 is 3. The molecule has 25 heavy (non-hydrogen) atoms. The molecule has 0 radical (unpaired) electrons. The number of rotatable bonds is 6. The predicted molar refractivity (Wildman–Crippen MR) is 92.7 cm³/mol. The lowest BCUT2D eigenvalue weighted by Gasteiger charge is -2.45. The first-order chi connectivity index (χ1) is 12.1. The second-order valence-corrected chi connectivity index (χ2v) is 6.80. The van der Waals surface area contributed by atoms with Crippen LogP contribution in [0.1, 0.15) is 31.2 Å². The molecule has 0 aromatic heterocycles. The summed E-state index contributed by atoms with van der Waals surface area (Å²) >= 11 is 0. The van der Waals surface area contributed by atoms with E-state index >= 15 is 0 Å². The number of hydrogen-bond acceptors (Lipinski definition) is 5. The van der Waals surface area contributed by atoms with Crippen LogP contribution in [0.15, 0.2) is 18.2 Å². The van der Waals surface area contributed by atoms with E-state index < -0.39 is 11.8 Å². The Kier molecular flexibility index (Phi) is 5.20. The number of carbonyl (C=O) groups is 1. The van der Waals surface area contributed by atoms with Crippen molar-refractivity contribution >= 4 is 5.91 Å². The van der Waals surface area contributed by atoms with Gasteiger partial charge in [-0.2, -0.15) is 0 Å². The molecule has 3 atom stereocenters. The van der Waals surface area contributed by atoms with Crippen LogP contribution in [0.3, 0.4) is 0 Å². The molecule has 1 aromatic carbocycles. The third kappa shape index (κ3) is 3.09. The van der Waals surface area contributed by atoms with Crippen molar-refractivity contribution in [2.24, 2.45) is 5.92 Å². The summed E-state index contributed by atoms with van der Waals surface area (Å²) in [7, 11) is 4.86. The fourth-order valence-corrected chi connectivity index (χ4v) is 4.35. The molecule has 3 unspecified atom stereocenters. The Morgan fingerprint density at radius 3 is 2.68 bits per heavy atom. The Labute approximate surface area is 148 Å². The standard InChI is InChI=1S/C19H27NO5/c1-23-16-7-6-13(11-17(16)24-2)8-10-20-18(22)12-14-15(21)5-4-9-19(14,20)25-3/h6-7,11,14-15,21H,4-5,8-10,12H2,1-3H3. The smallest absolute Gasteiger partial charge is 0.225 e. The highest BCUT2D eigenvalue weighted by Crippen LogP contribution is 2.46. The van der Waals surface area contributed by atoms with Crippen LogP contribution in [0.25, 0.3) is 0 Å². The molecule has 0 bridgehead atoms. The number of ether oxygens (including phenoxy) is 3. The Bertz CT molecular complexity index is 634. The minimum atomic E-state index is -0.661. The van der Waals surface area contributed by atoms with E-state index in [9.17, 15) is 9.90 Å². The number of benzene rings is 1. The van der Waals surface area contributed by atoms with Crippen LogP contribution >= 0.6 is 0 Å². The summed E-state index contributed by atoms with van der Waals surface area (Å²) < 4.78 is 16.4. The van der Waals surface area contributed by atoms with Gasteiger partial charge < -0.3 is 24.2 Å². The van der Waals surface area contributed by atoms with E-state index in [1.54, 1.807) is 21.3 Å². The van der Waals surface area contributed by atoms with Crippen molar-refractivity contribution in [3.63, 3.8) is 0 Å². The van der Waals surface area contributed by atoms with Gasteiger partial charge in [0.25, 0.3) is 0 Å². The molecule has 1 saturated heterocycles. The molecule has 2 aliphatic rings. The van der Waals surface area contributed by atoms with Gasteiger partial charge in [-0.1, -0.05) is 6.07 Å². The van der Waals surface area contributed by atoms with E-state index in [0.717, 1.165) is 24.8 Å². The first kappa shape index (κ1) is 18.0.